The number of hydrogen-bond acceptors (Lipinski definition) is 5. The Labute approximate surface area is 103 Å². The average Bonchev–Trinajstić information content (AvgIpc) is 2.85. The van der Waals surface area contributed by atoms with Crippen LogP contribution in [0.4, 0.5) is 5.95 Å². The van der Waals surface area contributed by atoms with E-state index in [9.17, 15) is 5.11 Å². The molecule has 2 rings (SSSR count). The first kappa shape index (κ1) is 11.9. The molecule has 6 heteroatoms. The number of aliphatic hydroxyl groups excluding tert-OH is 1. The van der Waals surface area contributed by atoms with Crippen LogP contribution in [0.3, 0.4) is 0 Å². The number of nitrogens with zero attached hydrogens (tertiary/aromatic N) is 2. The summed E-state index contributed by atoms with van der Waals surface area (Å²) in [5.41, 5.74) is 0.767. The van der Waals surface area contributed by atoms with Gasteiger partial charge in [0.25, 0.3) is 0 Å². The standard InChI is InChI=1S/C11H12ClN3O2/c12-9-5-14-11(15-6-9)13-3-1-10(16)8-2-4-17-7-8/h2,4-7,10,16H,1,3H2,(H,13,14,15). The highest BCUT2D eigenvalue weighted by Crippen LogP contribution is 2.16. The molecule has 2 aromatic rings. The third kappa shape index (κ3) is 3.44. The van der Waals surface area contributed by atoms with Crippen molar-refractivity contribution in [3.63, 3.8) is 0 Å². The number of furan rings is 1. The number of aromatic nitrogens is 2. The molecule has 2 N–H and O–H groups in total. The first-order chi connectivity index (χ1) is 8.25. The van der Waals surface area contributed by atoms with Gasteiger partial charge in [-0.1, -0.05) is 11.6 Å². The predicted molar refractivity (Wildman–Crippen MR) is 63.8 cm³/mol. The average molecular weight is 254 g/mol. The van der Waals surface area contributed by atoms with Crippen LogP contribution in [-0.4, -0.2) is 21.6 Å². The zero-order valence-corrected chi connectivity index (χ0v) is 9.76. The molecule has 0 aromatic carbocycles. The molecule has 1 atom stereocenters. The molecule has 0 bridgehead atoms. The third-order valence-corrected chi connectivity index (χ3v) is 2.44. The minimum absolute atomic E-state index is 0.494. The lowest BCUT2D eigenvalue weighted by atomic mass is 10.1. The van der Waals surface area contributed by atoms with Gasteiger partial charge < -0.3 is 14.8 Å². The molecular weight excluding hydrogens is 242 g/mol. The molecule has 2 aromatic heterocycles. The van der Waals surface area contributed by atoms with Gasteiger partial charge >= 0.3 is 0 Å². The van der Waals surface area contributed by atoms with Gasteiger partial charge in [0.15, 0.2) is 0 Å². The number of rotatable bonds is 5. The van der Waals surface area contributed by atoms with Crippen LogP contribution in [0.1, 0.15) is 18.1 Å². The molecule has 0 aliphatic carbocycles. The van der Waals surface area contributed by atoms with Crippen molar-refractivity contribution < 1.29 is 9.52 Å². The second-order valence-corrected chi connectivity index (χ2v) is 3.95. The highest BCUT2D eigenvalue weighted by Gasteiger charge is 2.08. The number of hydrogen-bond donors (Lipinski definition) is 2. The van der Waals surface area contributed by atoms with Crippen molar-refractivity contribution in [2.75, 3.05) is 11.9 Å². The fourth-order valence-corrected chi connectivity index (χ4v) is 1.45. The molecule has 0 spiro atoms. The lowest BCUT2D eigenvalue weighted by Crippen LogP contribution is -2.09. The molecule has 0 amide bonds. The van der Waals surface area contributed by atoms with E-state index >= 15 is 0 Å². The van der Waals surface area contributed by atoms with Crippen LogP contribution in [0, 0.1) is 0 Å². The molecule has 0 saturated heterocycles. The van der Waals surface area contributed by atoms with Crippen LogP contribution in [0.2, 0.25) is 5.02 Å². The summed E-state index contributed by atoms with van der Waals surface area (Å²) in [7, 11) is 0. The highest BCUT2D eigenvalue weighted by atomic mass is 35.5. The summed E-state index contributed by atoms with van der Waals surface area (Å²) in [4.78, 5) is 7.97. The van der Waals surface area contributed by atoms with Crippen LogP contribution >= 0.6 is 11.6 Å². The van der Waals surface area contributed by atoms with Crippen LogP contribution in [-0.2, 0) is 0 Å². The summed E-state index contributed by atoms with van der Waals surface area (Å²) in [6.07, 6.45) is 6.10. The van der Waals surface area contributed by atoms with Gasteiger partial charge in [0.1, 0.15) is 0 Å². The normalized spacial score (nSPS) is 12.4. The van der Waals surface area contributed by atoms with Crippen LogP contribution in [0.25, 0.3) is 0 Å². The van der Waals surface area contributed by atoms with Crippen LogP contribution in [0.5, 0.6) is 0 Å². The Kier molecular flexibility index (Phi) is 3.95. The predicted octanol–water partition coefficient (Wildman–Crippen LogP) is 2.26. The van der Waals surface area contributed by atoms with Crippen molar-refractivity contribution in [3.05, 3.63) is 41.6 Å². The Balaban J connectivity index is 1.78. The Morgan fingerprint density at radius 2 is 2.18 bits per heavy atom. The fraction of sp³-hybridized carbons (Fsp3) is 0.273. The summed E-state index contributed by atoms with van der Waals surface area (Å²) >= 11 is 5.66. The molecule has 2 heterocycles. The molecule has 0 aliphatic heterocycles. The minimum atomic E-state index is -0.548. The van der Waals surface area contributed by atoms with Crippen molar-refractivity contribution in [2.24, 2.45) is 0 Å². The minimum Gasteiger partial charge on any atom is -0.472 e. The molecule has 90 valence electrons. The Bertz CT molecular complexity index is 444. The van der Waals surface area contributed by atoms with Gasteiger partial charge in [-0.25, -0.2) is 9.97 Å². The molecular formula is C11H12ClN3O2. The Morgan fingerprint density at radius 3 is 2.82 bits per heavy atom. The van der Waals surface area contributed by atoms with Crippen molar-refractivity contribution in [1.29, 1.82) is 0 Å². The van der Waals surface area contributed by atoms with Crippen molar-refractivity contribution >= 4 is 17.5 Å². The smallest absolute Gasteiger partial charge is 0.222 e. The number of nitrogens with one attached hydrogen (secondary N) is 1. The quantitative estimate of drug-likeness (QED) is 0.855. The van der Waals surface area contributed by atoms with Gasteiger partial charge in [-0.3, -0.25) is 0 Å². The molecule has 0 saturated carbocycles. The maximum Gasteiger partial charge on any atom is 0.222 e. The van der Waals surface area contributed by atoms with E-state index < -0.39 is 6.10 Å². The molecule has 1 unspecified atom stereocenters. The Morgan fingerprint density at radius 1 is 1.41 bits per heavy atom. The van der Waals surface area contributed by atoms with Crippen molar-refractivity contribution in [2.45, 2.75) is 12.5 Å². The second kappa shape index (κ2) is 5.65. The van der Waals surface area contributed by atoms with E-state index in [0.717, 1.165) is 5.56 Å². The van der Waals surface area contributed by atoms with Gasteiger partial charge in [0.05, 0.1) is 36.0 Å². The second-order valence-electron chi connectivity index (χ2n) is 3.51. The lowest BCUT2D eigenvalue weighted by molar-refractivity contribution is 0.171. The van der Waals surface area contributed by atoms with Gasteiger partial charge in [0.2, 0.25) is 5.95 Å². The summed E-state index contributed by atoms with van der Waals surface area (Å²) < 4.78 is 4.89. The summed E-state index contributed by atoms with van der Waals surface area (Å²) in [6, 6.07) is 1.74. The maximum atomic E-state index is 9.77. The van der Waals surface area contributed by atoms with E-state index in [1.807, 2.05) is 0 Å². The van der Waals surface area contributed by atoms with Crippen molar-refractivity contribution in [3.8, 4) is 0 Å². The van der Waals surface area contributed by atoms with E-state index in [0.29, 0.717) is 23.9 Å². The molecule has 5 nitrogen and oxygen atoms in total. The maximum absolute atomic E-state index is 9.77. The molecule has 17 heavy (non-hydrogen) atoms. The van der Waals surface area contributed by atoms with Crippen LogP contribution < -0.4 is 5.32 Å². The monoisotopic (exact) mass is 253 g/mol. The third-order valence-electron chi connectivity index (χ3n) is 2.25. The topological polar surface area (TPSA) is 71.2 Å². The first-order valence-corrected chi connectivity index (χ1v) is 5.55. The van der Waals surface area contributed by atoms with Crippen molar-refractivity contribution in [1.82, 2.24) is 9.97 Å². The molecule has 0 fully saturated rings. The van der Waals surface area contributed by atoms with Crippen LogP contribution in [0.15, 0.2) is 35.4 Å². The Hall–Kier alpha value is -1.59. The van der Waals surface area contributed by atoms with E-state index in [1.54, 1.807) is 6.07 Å². The lowest BCUT2D eigenvalue weighted by Gasteiger charge is -2.08. The molecule has 0 radical (unpaired) electrons. The summed E-state index contributed by atoms with van der Waals surface area (Å²) in [5.74, 6) is 0.494. The number of halogens is 1. The number of aliphatic hydroxyl groups is 1. The van der Waals surface area contributed by atoms with E-state index in [4.69, 9.17) is 16.0 Å². The van der Waals surface area contributed by atoms with E-state index in [-0.39, 0.29) is 0 Å². The zero-order chi connectivity index (χ0) is 12.1. The zero-order valence-electron chi connectivity index (χ0n) is 9.01. The van der Waals surface area contributed by atoms with Gasteiger partial charge in [-0.2, -0.15) is 0 Å². The van der Waals surface area contributed by atoms with E-state index in [1.165, 1.54) is 24.9 Å². The van der Waals surface area contributed by atoms with Gasteiger partial charge in [0, 0.05) is 12.1 Å². The SMILES string of the molecule is OC(CCNc1ncc(Cl)cn1)c1ccoc1. The number of anilines is 1. The first-order valence-electron chi connectivity index (χ1n) is 5.17. The fourth-order valence-electron chi connectivity index (χ4n) is 1.36. The molecule has 0 aliphatic rings. The highest BCUT2D eigenvalue weighted by molar-refractivity contribution is 6.30. The van der Waals surface area contributed by atoms with Gasteiger partial charge in [-0.15, -0.1) is 0 Å². The van der Waals surface area contributed by atoms with Gasteiger partial charge in [-0.05, 0) is 12.5 Å². The summed E-state index contributed by atoms with van der Waals surface area (Å²) in [5, 5.41) is 13.3. The largest absolute Gasteiger partial charge is 0.472 e. The van der Waals surface area contributed by atoms with E-state index in [2.05, 4.69) is 15.3 Å². The summed E-state index contributed by atoms with van der Waals surface area (Å²) in [6.45, 7) is 0.563.